The number of rotatable bonds is 7. The molecule has 8 heteroatoms. The molecule has 0 bridgehead atoms. The van der Waals surface area contributed by atoms with Crippen molar-refractivity contribution in [3.8, 4) is 78.6 Å². The summed E-state index contributed by atoms with van der Waals surface area (Å²) in [6, 6.07) is 61.8. The van der Waals surface area contributed by atoms with Crippen LogP contribution in [-0.4, -0.2) is 21.1 Å². The van der Waals surface area contributed by atoms with Gasteiger partial charge >= 0.3 is 376 Å². The van der Waals surface area contributed by atoms with Crippen LogP contribution < -0.4 is 19.8 Å². The Hall–Kier alpha value is -8.25. The Kier molecular flexibility index (Phi) is 8.18. The van der Waals surface area contributed by atoms with Crippen molar-refractivity contribution in [3.63, 3.8) is 0 Å². The molecule has 6 nitrogen and oxygen atoms in total. The van der Waals surface area contributed by atoms with Gasteiger partial charge in [0.05, 0.1) is 0 Å². The van der Waals surface area contributed by atoms with E-state index in [1.165, 1.54) is 0 Å². The van der Waals surface area contributed by atoms with Gasteiger partial charge in [0.15, 0.2) is 0 Å². The Morgan fingerprint density at radius 2 is 1.24 bits per heavy atom. The number of aromatic nitrogens is 3. The predicted molar refractivity (Wildman–Crippen MR) is 302 cm³/mol. The number of para-hydroxylation sites is 5. The number of ether oxygens (including phenoxy) is 1. The zero-order valence-corrected chi connectivity index (χ0v) is 42.8. The van der Waals surface area contributed by atoms with Crippen LogP contribution in [0.25, 0.3) is 78.0 Å². The molecule has 3 aliphatic heterocycles. The minimum atomic E-state index is -2.46. The third kappa shape index (κ3) is 6.90. The minimum absolute atomic E-state index is 0.0919. The molecule has 0 fully saturated rings. The van der Waals surface area contributed by atoms with E-state index in [4.69, 9.17) is 17.9 Å². The fourth-order valence-electron chi connectivity index (χ4n) is 11.3. The second-order valence-electron chi connectivity index (χ2n) is 20.1. The Bertz CT molecular complexity index is 4610. The van der Waals surface area contributed by atoms with Gasteiger partial charge in [-0.25, -0.2) is 0 Å². The maximum absolute atomic E-state index is 9.93. The maximum atomic E-state index is 9.93. The summed E-state index contributed by atoms with van der Waals surface area (Å²) < 4.78 is 91.9. The van der Waals surface area contributed by atoms with Crippen molar-refractivity contribution < 1.29 is 36.4 Å². The van der Waals surface area contributed by atoms with E-state index in [-0.39, 0.29) is 36.1 Å². The molecule has 5 heterocycles. The summed E-state index contributed by atoms with van der Waals surface area (Å²) in [7, 11) is 0. The first kappa shape index (κ1) is 35.8. The van der Waals surface area contributed by atoms with Crippen LogP contribution in [0.5, 0.6) is 11.6 Å². The molecule has 0 N–H and O–H groups in total. The van der Waals surface area contributed by atoms with Crippen LogP contribution in [0, 0.1) is 17.5 Å². The molecule has 74 heavy (non-hydrogen) atoms. The van der Waals surface area contributed by atoms with Gasteiger partial charge in [-0.2, -0.15) is 0 Å². The average molecular weight is 1140 g/mol. The molecule has 0 amide bonds. The van der Waals surface area contributed by atoms with Crippen LogP contribution in [0.2, 0.25) is 0 Å². The SMILES string of the molecule is [2H]c1c([2H])c(-c2cccc(C([2H])([2H])[2H])c2)c(-n2[c](=[Pt])n(-c3cccc(Oc4ccc5c(n4)N4B6c7c-5cccc7-c5c(cccc5C([2H])([2H])[2H])N6c5ccccc54)c3)c3ccccc32)c(-c2cc(-c3ccccc3)cc(C(C)(C)C)c2)c1[2H]. The molecule has 11 aromatic rings. The number of fused-ring (bicyclic) bond motifs is 10. The molecule has 0 spiro atoms. The Labute approximate surface area is 455 Å². The van der Waals surface area contributed by atoms with E-state index in [1.54, 1.807) is 30.3 Å². The number of hydrogen-bond acceptors (Lipinski definition) is 4. The van der Waals surface area contributed by atoms with Crippen LogP contribution in [0.1, 0.15) is 49.8 Å². The number of imidazole rings is 1. The normalized spacial score (nSPS) is 15.0. The fourth-order valence-corrected chi connectivity index (χ4v) is 12.4. The summed E-state index contributed by atoms with van der Waals surface area (Å²) in [6.07, 6.45) is 0. The van der Waals surface area contributed by atoms with E-state index in [0.717, 1.165) is 72.6 Å². The third-order valence-corrected chi connectivity index (χ3v) is 15.6. The number of anilines is 4. The summed E-state index contributed by atoms with van der Waals surface area (Å²) in [5.74, 6) is 1.57. The van der Waals surface area contributed by atoms with Crippen molar-refractivity contribution in [3.05, 3.63) is 233 Å². The van der Waals surface area contributed by atoms with E-state index in [1.807, 2.05) is 120 Å². The second-order valence-corrected chi connectivity index (χ2v) is 21.1. The van der Waals surface area contributed by atoms with Crippen molar-refractivity contribution in [1.82, 2.24) is 14.1 Å². The molecule has 0 saturated heterocycles. The zero-order valence-electron chi connectivity index (χ0n) is 49.5. The van der Waals surface area contributed by atoms with Gasteiger partial charge in [-0.15, -0.1) is 0 Å². The predicted octanol–water partition coefficient (Wildman–Crippen LogP) is 16.2. The van der Waals surface area contributed by atoms with Crippen molar-refractivity contribution in [2.24, 2.45) is 0 Å². The fraction of sp³-hybridized carbons (Fsp3) is 0.0909. The number of nitrogens with zero attached hydrogens (tertiary/aromatic N) is 5. The molecule has 14 rings (SSSR count). The monoisotopic (exact) mass is 1140 g/mol. The number of hydrogen-bond donors (Lipinski definition) is 0. The van der Waals surface area contributed by atoms with Gasteiger partial charge in [0.1, 0.15) is 0 Å². The Morgan fingerprint density at radius 3 is 2.05 bits per heavy atom. The molecule has 0 aliphatic carbocycles. The molecule has 9 aromatic carbocycles. The quantitative estimate of drug-likeness (QED) is 0.149. The first-order chi connectivity index (χ1) is 39.8. The Morgan fingerprint density at radius 1 is 0.554 bits per heavy atom. The van der Waals surface area contributed by atoms with E-state index in [9.17, 15) is 4.11 Å². The van der Waals surface area contributed by atoms with Gasteiger partial charge in [0.25, 0.3) is 0 Å². The average Bonchev–Trinajstić information content (AvgIpc) is 1.91. The molecule has 3 aliphatic rings. The van der Waals surface area contributed by atoms with Crippen molar-refractivity contribution in [1.29, 1.82) is 0 Å². The topological polar surface area (TPSA) is 38.5 Å². The molecule has 0 radical (unpaired) electrons. The van der Waals surface area contributed by atoms with Gasteiger partial charge in [-0.3, -0.25) is 0 Å². The molecule has 358 valence electrons. The van der Waals surface area contributed by atoms with Crippen LogP contribution >= 0.6 is 0 Å². The molecule has 0 saturated carbocycles. The molecule has 0 atom stereocenters. The standard InChI is InChI=1S/C66H50BN5O.Pt/c1-42-18-13-22-45(36-42)51-25-16-26-52(47-37-46(44-20-7-6-8-21-44)38-48(39-47)66(3,4)5)64(51)70-41-69(56-29-9-10-30-57(56)70)49-23-15-24-50(40-49)73-61-35-34-54-53-27-17-28-55-62-43(2)19-14-33-60(62)71-58-31-11-12-32-59(58)72(65(54)68-61)67(71)63(53)55;/h6-40H,1-5H3;/i1D3,2D3,16D,25D,26D;. The van der Waals surface area contributed by atoms with Crippen molar-refractivity contribution in [2.45, 2.75) is 39.9 Å². The number of pyridine rings is 1. The van der Waals surface area contributed by atoms with Gasteiger partial charge in [0.2, 0.25) is 0 Å². The number of benzene rings is 9. The van der Waals surface area contributed by atoms with Crippen LogP contribution in [0.3, 0.4) is 0 Å². The molecular weight excluding hydrogens is 1080 g/mol. The summed E-state index contributed by atoms with van der Waals surface area (Å²) in [5.41, 5.74) is 14.7. The first-order valence-corrected chi connectivity index (χ1v) is 25.8. The van der Waals surface area contributed by atoms with Crippen LogP contribution in [0.4, 0.5) is 22.9 Å². The number of aryl methyl sites for hydroxylation is 2. The van der Waals surface area contributed by atoms with Crippen LogP contribution in [0.15, 0.2) is 212 Å². The van der Waals surface area contributed by atoms with E-state index in [0.29, 0.717) is 60.3 Å². The van der Waals surface area contributed by atoms with Gasteiger partial charge in [-0.05, 0) is 30.1 Å². The van der Waals surface area contributed by atoms with E-state index < -0.39 is 13.7 Å². The summed E-state index contributed by atoms with van der Waals surface area (Å²) in [5, 5.41) is 0. The molecule has 0 unspecified atom stereocenters. The van der Waals surface area contributed by atoms with Crippen LogP contribution in [-0.2, 0) is 24.8 Å². The molecule has 2 aromatic heterocycles. The summed E-state index contributed by atoms with van der Waals surface area (Å²) in [6.45, 7) is 1.29. The third-order valence-electron chi connectivity index (χ3n) is 14.6. The first-order valence-electron chi connectivity index (χ1n) is 29.1. The van der Waals surface area contributed by atoms with E-state index in [2.05, 4.69) is 103 Å². The van der Waals surface area contributed by atoms with Gasteiger partial charge in [0, 0.05) is 15.4 Å². The van der Waals surface area contributed by atoms with Gasteiger partial charge in [-0.1, -0.05) is 36.4 Å². The van der Waals surface area contributed by atoms with Crippen molar-refractivity contribution in [2.75, 3.05) is 9.62 Å². The van der Waals surface area contributed by atoms with Gasteiger partial charge < -0.3 is 0 Å². The van der Waals surface area contributed by atoms with E-state index >= 15 is 0 Å². The zero-order chi connectivity index (χ0) is 57.6. The summed E-state index contributed by atoms with van der Waals surface area (Å²) in [4.78, 5) is 9.80. The summed E-state index contributed by atoms with van der Waals surface area (Å²) >= 11 is 2.30. The Balaban J connectivity index is 0.940. The second kappa shape index (κ2) is 16.9. The van der Waals surface area contributed by atoms with Crippen molar-refractivity contribution >= 4 is 46.4 Å². The molecular formula is C66H50BN5OPt.